The Bertz CT molecular complexity index is 455. The molecule has 2 fully saturated rings. The van der Waals surface area contributed by atoms with Gasteiger partial charge in [-0.3, -0.25) is 0 Å². The van der Waals surface area contributed by atoms with E-state index in [4.69, 9.17) is 15.3 Å². The fraction of sp³-hybridized carbons (Fsp3) is 0.905. The zero-order valence-electron chi connectivity index (χ0n) is 17.1. The quantitative estimate of drug-likeness (QED) is 0.430. The first kappa shape index (κ1) is 24.7. The molecule has 0 heterocycles. The standard InChI is InChI=1S/C15H22N2O2.C6H14O3/c18-10-16-14-5-1-12(2-6-14)9-13-3-7-15(8-4-13)17-11-19;1-2-6(3-7,4-8)5-9/h12-15H,1-9H2;7-9H,2-5H2,1H3. The number of aliphatic imine (C=N–C) groups is 2. The molecule has 2 rings (SSSR count). The largest absolute Gasteiger partial charge is 0.396 e. The number of carbonyl (C=O) groups excluding carboxylic acids is 2. The molecule has 0 spiro atoms. The highest BCUT2D eigenvalue weighted by atomic mass is 16.3. The smallest absolute Gasteiger partial charge is 0.235 e. The van der Waals surface area contributed by atoms with Gasteiger partial charge < -0.3 is 15.3 Å². The van der Waals surface area contributed by atoms with E-state index in [1.54, 1.807) is 12.2 Å². The summed E-state index contributed by atoms with van der Waals surface area (Å²) in [5.41, 5.74) is -0.667. The summed E-state index contributed by atoms with van der Waals surface area (Å²) in [6, 6.07) is 0.456. The van der Waals surface area contributed by atoms with Crippen molar-refractivity contribution in [2.75, 3.05) is 19.8 Å². The van der Waals surface area contributed by atoms with Gasteiger partial charge >= 0.3 is 0 Å². The van der Waals surface area contributed by atoms with Gasteiger partial charge in [-0.1, -0.05) is 6.92 Å². The van der Waals surface area contributed by atoms with Gasteiger partial charge in [0.2, 0.25) is 12.2 Å². The van der Waals surface area contributed by atoms with Crippen molar-refractivity contribution in [1.29, 1.82) is 0 Å². The summed E-state index contributed by atoms with van der Waals surface area (Å²) in [7, 11) is 0. The minimum absolute atomic E-state index is 0.156. The Kier molecular flexibility index (Phi) is 12.1. The lowest BCUT2D eigenvalue weighted by Crippen LogP contribution is -2.32. The molecule has 0 aromatic rings. The van der Waals surface area contributed by atoms with Crippen LogP contribution in [0.25, 0.3) is 0 Å². The minimum atomic E-state index is -0.667. The number of nitrogens with zero attached hydrogens (tertiary/aromatic N) is 2. The first-order valence-corrected chi connectivity index (χ1v) is 10.5. The Labute approximate surface area is 168 Å². The van der Waals surface area contributed by atoms with Crippen LogP contribution in [-0.4, -0.2) is 59.4 Å². The van der Waals surface area contributed by atoms with Gasteiger partial charge in [-0.2, -0.15) is 0 Å². The van der Waals surface area contributed by atoms with Crippen LogP contribution in [0.2, 0.25) is 0 Å². The Balaban J connectivity index is 0.000000370. The lowest BCUT2D eigenvalue weighted by molar-refractivity contribution is 0.00304. The second kappa shape index (κ2) is 13.8. The van der Waals surface area contributed by atoms with E-state index in [2.05, 4.69) is 9.98 Å². The molecule has 0 atom stereocenters. The Morgan fingerprint density at radius 1 is 0.750 bits per heavy atom. The van der Waals surface area contributed by atoms with E-state index >= 15 is 0 Å². The first-order valence-electron chi connectivity index (χ1n) is 10.5. The molecule has 0 aromatic carbocycles. The molecule has 28 heavy (non-hydrogen) atoms. The van der Waals surface area contributed by atoms with Gasteiger partial charge in [0.15, 0.2) is 0 Å². The summed E-state index contributed by atoms with van der Waals surface area (Å²) < 4.78 is 0. The van der Waals surface area contributed by atoms with E-state index in [-0.39, 0.29) is 31.9 Å². The van der Waals surface area contributed by atoms with Crippen LogP contribution in [0.1, 0.15) is 71.1 Å². The van der Waals surface area contributed by atoms with Crippen LogP contribution >= 0.6 is 0 Å². The van der Waals surface area contributed by atoms with Crippen LogP contribution in [0.15, 0.2) is 9.98 Å². The van der Waals surface area contributed by atoms with Crippen molar-refractivity contribution in [3.8, 4) is 0 Å². The predicted molar refractivity (Wildman–Crippen MR) is 106 cm³/mol. The van der Waals surface area contributed by atoms with Crippen LogP contribution in [0.3, 0.4) is 0 Å². The molecule has 0 bridgehead atoms. The molecule has 160 valence electrons. The van der Waals surface area contributed by atoms with Gasteiger partial charge in [0.1, 0.15) is 0 Å². The number of hydrogen-bond acceptors (Lipinski definition) is 7. The summed E-state index contributed by atoms with van der Waals surface area (Å²) in [4.78, 5) is 28.1. The van der Waals surface area contributed by atoms with Gasteiger partial charge in [-0.15, -0.1) is 0 Å². The van der Waals surface area contributed by atoms with Crippen molar-refractivity contribution >= 4 is 12.2 Å². The highest BCUT2D eigenvalue weighted by molar-refractivity contribution is 5.33. The molecule has 0 radical (unpaired) electrons. The number of aliphatic hydroxyl groups excluding tert-OH is 3. The van der Waals surface area contributed by atoms with Crippen LogP contribution in [-0.2, 0) is 9.59 Å². The Morgan fingerprint density at radius 3 is 1.32 bits per heavy atom. The molecule has 7 heteroatoms. The molecular formula is C21H36N2O5. The SMILES string of the molecule is CCC(CO)(CO)CO.O=C=NC1CCC(CC2CCC(N=C=O)CC2)CC1. The molecule has 0 aromatic heterocycles. The van der Waals surface area contributed by atoms with Gasteiger partial charge in [0, 0.05) is 5.41 Å². The summed E-state index contributed by atoms with van der Waals surface area (Å²) in [5.74, 6) is 1.60. The fourth-order valence-corrected chi connectivity index (χ4v) is 4.13. The molecule has 2 aliphatic rings. The fourth-order valence-electron chi connectivity index (χ4n) is 4.13. The molecule has 0 aliphatic heterocycles. The number of isocyanates is 2. The van der Waals surface area contributed by atoms with Crippen molar-refractivity contribution < 1.29 is 24.9 Å². The lowest BCUT2D eigenvalue weighted by Gasteiger charge is -2.31. The second-order valence-corrected chi connectivity index (χ2v) is 8.35. The number of hydrogen-bond donors (Lipinski definition) is 3. The average Bonchev–Trinajstić information content (AvgIpc) is 2.74. The molecular weight excluding hydrogens is 360 g/mol. The van der Waals surface area contributed by atoms with Crippen LogP contribution < -0.4 is 0 Å². The predicted octanol–water partition coefficient (Wildman–Crippen LogP) is 2.53. The lowest BCUT2D eigenvalue weighted by atomic mass is 9.76. The highest BCUT2D eigenvalue weighted by Gasteiger charge is 2.27. The summed E-state index contributed by atoms with van der Waals surface area (Å²) >= 11 is 0. The topological polar surface area (TPSA) is 120 Å². The van der Waals surface area contributed by atoms with Crippen LogP contribution in [0.5, 0.6) is 0 Å². The average molecular weight is 397 g/mol. The maximum absolute atomic E-state index is 10.2. The summed E-state index contributed by atoms with van der Waals surface area (Å²) in [6.45, 7) is 1.35. The van der Waals surface area contributed by atoms with Crippen molar-refractivity contribution in [3.05, 3.63) is 0 Å². The number of aliphatic hydroxyl groups is 3. The van der Waals surface area contributed by atoms with E-state index < -0.39 is 5.41 Å². The van der Waals surface area contributed by atoms with Crippen LogP contribution in [0, 0.1) is 17.3 Å². The third kappa shape index (κ3) is 8.34. The molecule has 0 amide bonds. The third-order valence-corrected chi connectivity index (χ3v) is 6.53. The summed E-state index contributed by atoms with van der Waals surface area (Å²) in [6.07, 6.45) is 14.2. The van der Waals surface area contributed by atoms with Gasteiger partial charge in [-0.05, 0) is 76.0 Å². The van der Waals surface area contributed by atoms with Crippen LogP contribution in [0.4, 0.5) is 0 Å². The van der Waals surface area contributed by atoms with E-state index in [0.29, 0.717) is 6.42 Å². The maximum Gasteiger partial charge on any atom is 0.235 e. The van der Waals surface area contributed by atoms with Crippen molar-refractivity contribution in [2.45, 2.75) is 83.2 Å². The normalized spacial score (nSPS) is 27.6. The zero-order valence-corrected chi connectivity index (χ0v) is 17.1. The minimum Gasteiger partial charge on any atom is -0.396 e. The van der Waals surface area contributed by atoms with E-state index in [0.717, 1.165) is 37.5 Å². The Hall–Kier alpha value is -1.36. The van der Waals surface area contributed by atoms with E-state index in [1.165, 1.54) is 32.1 Å². The molecule has 0 unspecified atom stereocenters. The molecule has 2 aliphatic carbocycles. The zero-order chi connectivity index (χ0) is 20.8. The van der Waals surface area contributed by atoms with Gasteiger partial charge in [0.05, 0.1) is 31.9 Å². The highest BCUT2D eigenvalue weighted by Crippen LogP contribution is 2.36. The molecule has 3 N–H and O–H groups in total. The van der Waals surface area contributed by atoms with E-state index in [9.17, 15) is 9.59 Å². The molecule has 0 saturated heterocycles. The van der Waals surface area contributed by atoms with Crippen molar-refractivity contribution in [1.82, 2.24) is 0 Å². The number of rotatable bonds is 8. The van der Waals surface area contributed by atoms with Gasteiger partial charge in [-0.25, -0.2) is 19.6 Å². The second-order valence-electron chi connectivity index (χ2n) is 8.35. The first-order chi connectivity index (χ1) is 13.6. The Morgan fingerprint density at radius 2 is 1.11 bits per heavy atom. The molecule has 2 saturated carbocycles. The molecule has 7 nitrogen and oxygen atoms in total. The van der Waals surface area contributed by atoms with Gasteiger partial charge in [0.25, 0.3) is 0 Å². The monoisotopic (exact) mass is 396 g/mol. The maximum atomic E-state index is 10.2. The van der Waals surface area contributed by atoms with Crippen molar-refractivity contribution in [2.24, 2.45) is 27.2 Å². The van der Waals surface area contributed by atoms with E-state index in [1.807, 2.05) is 6.92 Å². The van der Waals surface area contributed by atoms with Crippen molar-refractivity contribution in [3.63, 3.8) is 0 Å². The third-order valence-electron chi connectivity index (χ3n) is 6.53. The summed E-state index contributed by atoms with van der Waals surface area (Å²) in [5, 5.41) is 26.0.